The summed E-state index contributed by atoms with van der Waals surface area (Å²) in [6, 6.07) is 14.1. The van der Waals surface area contributed by atoms with Crippen LogP contribution in [0.4, 0.5) is 0 Å². The maximum Gasteiger partial charge on any atom is 0.278 e. The first-order valence-electron chi connectivity index (χ1n) is 9.26. The average Bonchev–Trinajstić information content (AvgIpc) is 3.43. The minimum atomic E-state index is -0.542. The van der Waals surface area contributed by atoms with E-state index in [-0.39, 0.29) is 19.2 Å². The summed E-state index contributed by atoms with van der Waals surface area (Å²) in [6.07, 6.45) is 1.76. The van der Waals surface area contributed by atoms with Gasteiger partial charge in [-0.05, 0) is 61.0 Å². The lowest BCUT2D eigenvalue weighted by Gasteiger charge is -2.07. The van der Waals surface area contributed by atoms with Gasteiger partial charge in [-0.15, -0.1) is 0 Å². The molecule has 10 heteroatoms. The van der Waals surface area contributed by atoms with E-state index in [9.17, 15) is 4.79 Å². The van der Waals surface area contributed by atoms with Crippen molar-refractivity contribution >= 4 is 17.5 Å². The predicted molar refractivity (Wildman–Crippen MR) is 112 cm³/mol. The molecule has 0 fully saturated rings. The molecule has 0 bridgehead atoms. The number of aryl methyl sites for hydroxylation is 1. The monoisotopic (exact) mass is 439 g/mol. The van der Waals surface area contributed by atoms with Gasteiger partial charge in [0.2, 0.25) is 5.82 Å². The largest absolute Gasteiger partial charge is 0.484 e. The van der Waals surface area contributed by atoms with Crippen LogP contribution in [0.15, 0.2) is 59.3 Å². The maximum atomic E-state index is 10.8. The van der Waals surface area contributed by atoms with Crippen molar-refractivity contribution in [2.24, 2.45) is 5.73 Å². The molecule has 0 aliphatic heterocycles. The molecule has 31 heavy (non-hydrogen) atoms. The number of aromatic nitrogens is 4. The summed E-state index contributed by atoms with van der Waals surface area (Å²) in [5, 5.41) is 9.09. The highest BCUT2D eigenvalue weighted by Gasteiger charge is 2.13. The van der Waals surface area contributed by atoms with Crippen LogP contribution in [0.2, 0.25) is 5.02 Å². The second kappa shape index (κ2) is 8.88. The molecule has 2 N–H and O–H groups in total. The van der Waals surface area contributed by atoms with Gasteiger partial charge in [-0.2, -0.15) is 10.1 Å². The van der Waals surface area contributed by atoms with Crippen molar-refractivity contribution in [3.8, 4) is 34.5 Å². The van der Waals surface area contributed by atoms with Crippen molar-refractivity contribution in [1.29, 1.82) is 0 Å². The van der Waals surface area contributed by atoms with E-state index in [1.807, 2.05) is 13.0 Å². The zero-order valence-corrected chi connectivity index (χ0v) is 17.2. The van der Waals surface area contributed by atoms with Crippen LogP contribution in [0.5, 0.6) is 11.5 Å². The summed E-state index contributed by atoms with van der Waals surface area (Å²) in [6.45, 7) is 1.95. The molecular formula is C21H18ClN5O4. The fourth-order valence-corrected chi connectivity index (χ4v) is 2.81. The Hall–Kier alpha value is -3.85. The molecule has 4 aromatic rings. The lowest BCUT2D eigenvalue weighted by atomic mass is 10.2. The molecule has 2 aromatic heterocycles. The minimum absolute atomic E-state index is 0.185. The first kappa shape index (κ1) is 20.4. The number of nitrogens with two attached hydrogens (primary N) is 1. The fraction of sp³-hybridized carbons (Fsp3) is 0.143. The highest BCUT2D eigenvalue weighted by Crippen LogP contribution is 2.24. The van der Waals surface area contributed by atoms with Gasteiger partial charge in [0, 0.05) is 16.8 Å². The van der Waals surface area contributed by atoms with E-state index in [2.05, 4.69) is 15.2 Å². The van der Waals surface area contributed by atoms with E-state index in [0.29, 0.717) is 28.0 Å². The number of ether oxygens (including phenoxy) is 2. The molecule has 0 spiro atoms. The number of hydrogen-bond acceptors (Lipinski definition) is 7. The van der Waals surface area contributed by atoms with Gasteiger partial charge in [-0.3, -0.25) is 4.79 Å². The van der Waals surface area contributed by atoms with Crippen LogP contribution >= 0.6 is 11.6 Å². The lowest BCUT2D eigenvalue weighted by Crippen LogP contribution is -2.19. The van der Waals surface area contributed by atoms with Crippen LogP contribution in [0.1, 0.15) is 5.56 Å². The second-order valence-electron chi connectivity index (χ2n) is 6.63. The highest BCUT2D eigenvalue weighted by atomic mass is 35.5. The van der Waals surface area contributed by atoms with Gasteiger partial charge in [0.05, 0.1) is 0 Å². The van der Waals surface area contributed by atoms with E-state index in [0.717, 1.165) is 11.1 Å². The quantitative estimate of drug-likeness (QED) is 0.446. The number of nitrogens with zero attached hydrogens (tertiary/aromatic N) is 4. The van der Waals surface area contributed by atoms with Crippen molar-refractivity contribution in [3.63, 3.8) is 0 Å². The van der Waals surface area contributed by atoms with Crippen LogP contribution < -0.4 is 15.2 Å². The summed E-state index contributed by atoms with van der Waals surface area (Å²) in [7, 11) is 0. The first-order chi connectivity index (χ1) is 15.0. The summed E-state index contributed by atoms with van der Waals surface area (Å²) in [5.41, 5.74) is 7.25. The minimum Gasteiger partial charge on any atom is -0.484 e. The second-order valence-corrected chi connectivity index (χ2v) is 7.03. The molecular weight excluding hydrogens is 422 g/mol. The molecule has 0 unspecified atom stereocenters. The third-order valence-electron chi connectivity index (χ3n) is 4.27. The summed E-state index contributed by atoms with van der Waals surface area (Å²) in [5.74, 6) is 1.35. The number of amides is 1. The Morgan fingerprint density at radius 1 is 1.13 bits per heavy atom. The van der Waals surface area contributed by atoms with Crippen molar-refractivity contribution in [1.82, 2.24) is 19.9 Å². The molecule has 2 aromatic carbocycles. The Balaban J connectivity index is 1.40. The smallest absolute Gasteiger partial charge is 0.278 e. The van der Waals surface area contributed by atoms with Crippen molar-refractivity contribution in [3.05, 3.63) is 65.3 Å². The van der Waals surface area contributed by atoms with Crippen LogP contribution in [-0.2, 0) is 11.5 Å². The Morgan fingerprint density at radius 2 is 1.90 bits per heavy atom. The standard InChI is InChI=1S/C21H18ClN5O4/c1-13-10-16(6-7-17(13)22)30-12-27-9-8-18(25-27)21-24-20(26-31-21)14-2-4-15(5-3-14)29-11-19(23)28/h2-10H,11-12H2,1H3,(H2,23,28). The Bertz CT molecular complexity index is 1200. The van der Waals surface area contributed by atoms with Gasteiger partial charge in [-0.1, -0.05) is 16.8 Å². The number of hydrogen-bond donors (Lipinski definition) is 1. The molecule has 0 aliphatic carbocycles. The summed E-state index contributed by atoms with van der Waals surface area (Å²) >= 11 is 6.03. The normalized spacial score (nSPS) is 10.8. The van der Waals surface area contributed by atoms with Crippen molar-refractivity contribution in [2.75, 3.05) is 6.61 Å². The zero-order valence-electron chi connectivity index (χ0n) is 16.5. The molecule has 0 radical (unpaired) electrons. The molecule has 0 saturated carbocycles. The molecule has 0 atom stereocenters. The number of benzene rings is 2. The fourth-order valence-electron chi connectivity index (χ4n) is 2.69. The van der Waals surface area contributed by atoms with E-state index < -0.39 is 5.91 Å². The van der Waals surface area contributed by atoms with Gasteiger partial charge in [-0.25, -0.2) is 4.68 Å². The molecule has 2 heterocycles. The molecule has 4 rings (SSSR count). The number of primary amides is 1. The Kier molecular flexibility index (Phi) is 5.85. The number of rotatable bonds is 8. The first-order valence-corrected chi connectivity index (χ1v) is 9.64. The summed E-state index contributed by atoms with van der Waals surface area (Å²) in [4.78, 5) is 15.2. The third kappa shape index (κ3) is 5.01. The van der Waals surface area contributed by atoms with E-state index in [4.69, 9.17) is 31.3 Å². The molecule has 1 amide bonds. The molecule has 0 saturated heterocycles. The Labute approximate surface area is 182 Å². The predicted octanol–water partition coefficient (Wildman–Crippen LogP) is 3.46. The SMILES string of the molecule is Cc1cc(OCn2ccc(-c3nc(-c4ccc(OCC(N)=O)cc4)no3)n2)ccc1Cl. The average molecular weight is 440 g/mol. The van der Waals surface area contributed by atoms with E-state index in [1.54, 1.807) is 53.3 Å². The van der Waals surface area contributed by atoms with Gasteiger partial charge >= 0.3 is 0 Å². The van der Waals surface area contributed by atoms with E-state index in [1.165, 1.54) is 0 Å². The zero-order chi connectivity index (χ0) is 21.8. The number of halogens is 1. The summed E-state index contributed by atoms with van der Waals surface area (Å²) < 4.78 is 17.9. The van der Waals surface area contributed by atoms with E-state index >= 15 is 0 Å². The van der Waals surface area contributed by atoms with Crippen molar-refractivity contribution < 1.29 is 18.8 Å². The van der Waals surface area contributed by atoms with Crippen LogP contribution in [0, 0.1) is 6.92 Å². The number of carbonyl (C=O) groups is 1. The highest BCUT2D eigenvalue weighted by molar-refractivity contribution is 6.31. The maximum absolute atomic E-state index is 10.8. The molecule has 158 valence electrons. The third-order valence-corrected chi connectivity index (χ3v) is 4.70. The Morgan fingerprint density at radius 3 is 2.65 bits per heavy atom. The van der Waals surface area contributed by atoms with Crippen LogP contribution in [0.25, 0.3) is 23.0 Å². The van der Waals surface area contributed by atoms with Gasteiger partial charge in [0.15, 0.2) is 19.0 Å². The van der Waals surface area contributed by atoms with Crippen LogP contribution in [0.3, 0.4) is 0 Å². The van der Waals surface area contributed by atoms with Crippen molar-refractivity contribution in [2.45, 2.75) is 13.7 Å². The topological polar surface area (TPSA) is 118 Å². The van der Waals surface area contributed by atoms with Gasteiger partial charge < -0.3 is 19.7 Å². The van der Waals surface area contributed by atoms with Gasteiger partial charge in [0.25, 0.3) is 11.8 Å². The number of carbonyl (C=O) groups excluding carboxylic acids is 1. The van der Waals surface area contributed by atoms with Crippen LogP contribution in [-0.4, -0.2) is 32.4 Å². The lowest BCUT2D eigenvalue weighted by molar-refractivity contribution is -0.119. The molecule has 9 nitrogen and oxygen atoms in total. The van der Waals surface area contributed by atoms with Gasteiger partial charge in [0.1, 0.15) is 11.5 Å². The molecule has 0 aliphatic rings.